The van der Waals surface area contributed by atoms with Gasteiger partial charge >= 0.3 is 0 Å². The summed E-state index contributed by atoms with van der Waals surface area (Å²) in [6.07, 6.45) is 5.68. The summed E-state index contributed by atoms with van der Waals surface area (Å²) in [4.78, 5) is 23.7. The van der Waals surface area contributed by atoms with E-state index in [-0.39, 0.29) is 11.8 Å². The standard InChI is InChI=1S/C14H16N4O2/c1-20-13-5-3-10(7-15-13)18-14(19)9-2-4-11-12(6-9)17-8-16-11/h3,5,7-9H,2,4,6H2,1H3,(H,16,17)(H,18,19). The average molecular weight is 272 g/mol. The first-order valence-corrected chi connectivity index (χ1v) is 6.58. The quantitative estimate of drug-likeness (QED) is 0.888. The molecule has 1 aliphatic rings. The minimum absolute atomic E-state index is 0.0231. The van der Waals surface area contributed by atoms with E-state index in [0.717, 1.165) is 24.2 Å². The van der Waals surface area contributed by atoms with Crippen LogP contribution in [0.4, 0.5) is 5.69 Å². The highest BCUT2D eigenvalue weighted by molar-refractivity contribution is 5.92. The Morgan fingerprint density at radius 2 is 2.35 bits per heavy atom. The van der Waals surface area contributed by atoms with Gasteiger partial charge in [-0.15, -0.1) is 0 Å². The van der Waals surface area contributed by atoms with Gasteiger partial charge < -0.3 is 15.0 Å². The third-order valence-corrected chi connectivity index (χ3v) is 3.57. The molecule has 0 aliphatic heterocycles. The molecule has 1 atom stereocenters. The lowest BCUT2D eigenvalue weighted by molar-refractivity contribution is -0.120. The number of ether oxygens (including phenoxy) is 1. The highest BCUT2D eigenvalue weighted by Gasteiger charge is 2.26. The number of carbonyl (C=O) groups is 1. The number of nitrogens with zero attached hydrogens (tertiary/aromatic N) is 2. The van der Waals surface area contributed by atoms with Crippen molar-refractivity contribution in [2.24, 2.45) is 5.92 Å². The molecule has 6 heteroatoms. The highest BCUT2D eigenvalue weighted by atomic mass is 16.5. The van der Waals surface area contributed by atoms with Gasteiger partial charge in [-0.1, -0.05) is 0 Å². The molecule has 0 saturated heterocycles. The van der Waals surface area contributed by atoms with E-state index < -0.39 is 0 Å². The molecule has 1 aliphatic carbocycles. The van der Waals surface area contributed by atoms with Crippen molar-refractivity contribution in [1.29, 1.82) is 0 Å². The summed E-state index contributed by atoms with van der Waals surface area (Å²) in [5.74, 6) is 0.532. The first-order valence-electron chi connectivity index (χ1n) is 6.58. The number of H-pyrrole nitrogens is 1. The number of anilines is 1. The number of carbonyl (C=O) groups excluding carboxylic acids is 1. The number of hydrogen-bond acceptors (Lipinski definition) is 4. The number of nitrogens with one attached hydrogen (secondary N) is 2. The Labute approximate surface area is 116 Å². The highest BCUT2D eigenvalue weighted by Crippen LogP contribution is 2.24. The van der Waals surface area contributed by atoms with Gasteiger partial charge in [0.25, 0.3) is 0 Å². The van der Waals surface area contributed by atoms with E-state index in [0.29, 0.717) is 18.0 Å². The summed E-state index contributed by atoms with van der Waals surface area (Å²) in [6, 6.07) is 3.51. The molecule has 1 amide bonds. The maximum Gasteiger partial charge on any atom is 0.227 e. The maximum atomic E-state index is 12.2. The molecule has 3 rings (SSSR count). The van der Waals surface area contributed by atoms with Gasteiger partial charge in [0, 0.05) is 24.1 Å². The number of imidazole rings is 1. The number of methoxy groups -OCH3 is 1. The van der Waals surface area contributed by atoms with Crippen LogP contribution in [0.1, 0.15) is 17.8 Å². The first-order chi connectivity index (χ1) is 9.76. The normalized spacial score (nSPS) is 17.4. The topological polar surface area (TPSA) is 79.9 Å². The molecule has 0 fully saturated rings. The summed E-state index contributed by atoms with van der Waals surface area (Å²) < 4.78 is 4.99. The second kappa shape index (κ2) is 5.32. The maximum absolute atomic E-state index is 12.2. The number of amides is 1. The summed E-state index contributed by atoms with van der Waals surface area (Å²) in [7, 11) is 1.56. The number of rotatable bonds is 3. The molecule has 1 unspecified atom stereocenters. The molecule has 2 N–H and O–H groups in total. The summed E-state index contributed by atoms with van der Waals surface area (Å²) in [5.41, 5.74) is 2.84. The monoisotopic (exact) mass is 272 g/mol. The van der Waals surface area contributed by atoms with Crippen molar-refractivity contribution in [2.45, 2.75) is 19.3 Å². The van der Waals surface area contributed by atoms with E-state index in [9.17, 15) is 4.79 Å². The lowest BCUT2D eigenvalue weighted by Gasteiger charge is -2.20. The molecule has 20 heavy (non-hydrogen) atoms. The third kappa shape index (κ3) is 2.49. The predicted octanol–water partition coefficient (Wildman–Crippen LogP) is 1.56. The number of pyridine rings is 1. The first kappa shape index (κ1) is 12.7. The molecule has 0 saturated carbocycles. The van der Waals surface area contributed by atoms with Gasteiger partial charge in [0.1, 0.15) is 0 Å². The zero-order chi connectivity index (χ0) is 13.9. The Hall–Kier alpha value is -2.37. The number of hydrogen-bond donors (Lipinski definition) is 2. The number of aryl methyl sites for hydroxylation is 1. The SMILES string of the molecule is COc1ccc(NC(=O)C2CCc3nc[nH]c3C2)cn1. The molecule has 0 aromatic carbocycles. The van der Waals surface area contributed by atoms with Crippen LogP contribution >= 0.6 is 0 Å². The molecule has 0 radical (unpaired) electrons. The molecule has 0 bridgehead atoms. The number of aromatic nitrogens is 3. The van der Waals surface area contributed by atoms with Gasteiger partial charge in [0.2, 0.25) is 11.8 Å². The van der Waals surface area contributed by atoms with Crippen molar-refractivity contribution in [3.63, 3.8) is 0 Å². The smallest absolute Gasteiger partial charge is 0.227 e. The lowest BCUT2D eigenvalue weighted by Crippen LogP contribution is -2.28. The van der Waals surface area contributed by atoms with Crippen molar-refractivity contribution < 1.29 is 9.53 Å². The van der Waals surface area contributed by atoms with Crippen LogP contribution in [0.15, 0.2) is 24.7 Å². The summed E-state index contributed by atoms with van der Waals surface area (Å²) in [6.45, 7) is 0. The van der Waals surface area contributed by atoms with Crippen LogP contribution in [0.25, 0.3) is 0 Å². The van der Waals surface area contributed by atoms with Crippen LogP contribution in [0, 0.1) is 5.92 Å². The van der Waals surface area contributed by atoms with E-state index in [1.165, 1.54) is 0 Å². The second-order valence-corrected chi connectivity index (χ2v) is 4.85. The average Bonchev–Trinajstić information content (AvgIpc) is 2.95. The summed E-state index contributed by atoms with van der Waals surface area (Å²) >= 11 is 0. The van der Waals surface area contributed by atoms with Gasteiger partial charge in [-0.25, -0.2) is 9.97 Å². The van der Waals surface area contributed by atoms with Gasteiger partial charge in [-0.3, -0.25) is 4.79 Å². The van der Waals surface area contributed by atoms with Crippen LogP contribution < -0.4 is 10.1 Å². The fourth-order valence-electron chi connectivity index (χ4n) is 2.44. The van der Waals surface area contributed by atoms with Crippen LogP contribution in [0.3, 0.4) is 0 Å². The van der Waals surface area contributed by atoms with E-state index in [1.54, 1.807) is 31.8 Å². The Morgan fingerprint density at radius 3 is 3.10 bits per heavy atom. The van der Waals surface area contributed by atoms with Crippen LogP contribution in [-0.2, 0) is 17.6 Å². The minimum Gasteiger partial charge on any atom is -0.481 e. The molecule has 0 spiro atoms. The molecule has 2 aromatic rings. The number of fused-ring (bicyclic) bond motifs is 1. The molecule has 2 aromatic heterocycles. The van der Waals surface area contributed by atoms with E-state index >= 15 is 0 Å². The van der Waals surface area contributed by atoms with Gasteiger partial charge in [0.15, 0.2) is 0 Å². The Bertz CT molecular complexity index is 606. The zero-order valence-corrected chi connectivity index (χ0v) is 11.2. The Balaban J connectivity index is 1.65. The largest absolute Gasteiger partial charge is 0.481 e. The van der Waals surface area contributed by atoms with Gasteiger partial charge in [-0.2, -0.15) is 0 Å². The van der Waals surface area contributed by atoms with Crippen LogP contribution in [0.5, 0.6) is 5.88 Å². The zero-order valence-electron chi connectivity index (χ0n) is 11.2. The summed E-state index contributed by atoms with van der Waals surface area (Å²) in [5, 5.41) is 2.89. The van der Waals surface area contributed by atoms with Crippen molar-refractivity contribution in [2.75, 3.05) is 12.4 Å². The molecular weight excluding hydrogens is 256 g/mol. The van der Waals surface area contributed by atoms with Crippen molar-refractivity contribution in [3.05, 3.63) is 36.0 Å². The fourth-order valence-corrected chi connectivity index (χ4v) is 2.44. The van der Waals surface area contributed by atoms with Crippen molar-refractivity contribution >= 4 is 11.6 Å². The molecule has 2 heterocycles. The van der Waals surface area contributed by atoms with Crippen LogP contribution in [-0.4, -0.2) is 28.0 Å². The van der Waals surface area contributed by atoms with Crippen molar-refractivity contribution in [3.8, 4) is 5.88 Å². The number of aromatic amines is 1. The van der Waals surface area contributed by atoms with E-state index in [4.69, 9.17) is 4.74 Å². The van der Waals surface area contributed by atoms with Gasteiger partial charge in [0.05, 0.1) is 31.0 Å². The van der Waals surface area contributed by atoms with Crippen LogP contribution in [0.2, 0.25) is 0 Å². The third-order valence-electron chi connectivity index (χ3n) is 3.57. The van der Waals surface area contributed by atoms with Crippen molar-refractivity contribution in [1.82, 2.24) is 15.0 Å². The van der Waals surface area contributed by atoms with E-state index in [2.05, 4.69) is 20.3 Å². The molecule has 6 nitrogen and oxygen atoms in total. The predicted molar refractivity (Wildman–Crippen MR) is 73.5 cm³/mol. The fraction of sp³-hybridized carbons (Fsp3) is 0.357. The lowest BCUT2D eigenvalue weighted by atomic mass is 9.89. The second-order valence-electron chi connectivity index (χ2n) is 4.85. The molecule has 104 valence electrons. The van der Waals surface area contributed by atoms with Gasteiger partial charge in [-0.05, 0) is 18.9 Å². The Kier molecular flexibility index (Phi) is 3.37. The molecular formula is C14H16N4O2. The van der Waals surface area contributed by atoms with E-state index in [1.807, 2.05) is 0 Å². The minimum atomic E-state index is -0.0231. The Morgan fingerprint density at radius 1 is 1.45 bits per heavy atom.